The molecule has 134 valence electrons. The molecule has 0 N–H and O–H groups in total. The monoisotopic (exact) mass is 462 g/mol. The third-order valence-electron chi connectivity index (χ3n) is 5.53. The zero-order valence-electron chi connectivity index (χ0n) is 15.8. The fraction of sp³-hybridized carbons (Fsp3) is 0.154. The van der Waals surface area contributed by atoms with Crippen LogP contribution in [0.3, 0.4) is 0 Å². The van der Waals surface area contributed by atoms with E-state index in [0.29, 0.717) is 0 Å². The fourth-order valence-corrected chi connectivity index (χ4v) is 4.44. The normalized spacial score (nSPS) is 18.1. The number of fused-ring (bicyclic) bond motifs is 3. The number of halogens is 1. The maximum Gasteiger partial charge on any atom is 0.0159 e. The average Bonchev–Trinajstić information content (AvgIpc) is 2.89. The molecule has 0 unspecified atom stereocenters. The molecule has 2 aliphatic rings. The van der Waals surface area contributed by atoms with E-state index in [2.05, 4.69) is 122 Å². The minimum absolute atomic E-state index is 0.0209. The smallest absolute Gasteiger partial charge is 0.0159 e. The van der Waals surface area contributed by atoms with Gasteiger partial charge in [0.05, 0.1) is 0 Å². The Balaban J connectivity index is 1.63. The van der Waals surface area contributed by atoms with Crippen LogP contribution in [0.5, 0.6) is 0 Å². The van der Waals surface area contributed by atoms with Crippen molar-refractivity contribution >= 4 is 28.2 Å². The van der Waals surface area contributed by atoms with Gasteiger partial charge in [-0.1, -0.05) is 81.2 Å². The van der Waals surface area contributed by atoms with Gasteiger partial charge in [-0.2, -0.15) is 0 Å². The molecule has 0 saturated heterocycles. The summed E-state index contributed by atoms with van der Waals surface area (Å²) in [6.07, 6.45) is 15.9. The van der Waals surface area contributed by atoms with Crippen LogP contribution in [0.4, 0.5) is 0 Å². The van der Waals surface area contributed by atoms with E-state index >= 15 is 0 Å². The Hall–Kier alpha value is -2.13. The number of hydrogen-bond donors (Lipinski definition) is 0. The zero-order valence-corrected chi connectivity index (χ0v) is 18.0. The Labute approximate surface area is 175 Å². The first-order chi connectivity index (χ1) is 13.0. The number of hydrogen-bond acceptors (Lipinski definition) is 0. The SMILES string of the molecule is C=C(/C=C\C=C1\C=CC=CC1)c1ccc2c(c1)C(C)(C)c1cc(I)ccc1-2. The van der Waals surface area contributed by atoms with E-state index in [9.17, 15) is 0 Å². The molecule has 2 aromatic carbocycles. The highest BCUT2D eigenvalue weighted by Crippen LogP contribution is 2.49. The standard InChI is InChI=1S/C26H23I/c1-18(8-7-11-19-9-5-4-6-10-19)20-12-14-22-23-15-13-21(27)17-25(23)26(2,3)24(22)16-20/h4-9,11-17H,1,10H2,2-3H3/b8-7-,19-11-. The van der Waals surface area contributed by atoms with E-state index in [4.69, 9.17) is 0 Å². The summed E-state index contributed by atoms with van der Waals surface area (Å²) in [5.74, 6) is 0. The number of rotatable bonds is 3. The van der Waals surface area contributed by atoms with Crippen LogP contribution in [0.15, 0.2) is 91.1 Å². The number of allylic oxidation sites excluding steroid dienone is 9. The third-order valence-corrected chi connectivity index (χ3v) is 6.20. The molecule has 0 heterocycles. The minimum Gasteiger partial charge on any atom is -0.0912 e. The van der Waals surface area contributed by atoms with E-state index in [1.165, 1.54) is 37.0 Å². The van der Waals surface area contributed by atoms with Crippen LogP contribution in [-0.4, -0.2) is 0 Å². The zero-order chi connectivity index (χ0) is 19.0. The van der Waals surface area contributed by atoms with Gasteiger partial charge in [-0.25, -0.2) is 0 Å². The minimum atomic E-state index is 0.0209. The van der Waals surface area contributed by atoms with Crippen molar-refractivity contribution < 1.29 is 0 Å². The molecule has 0 atom stereocenters. The molecule has 0 bridgehead atoms. The Kier molecular flexibility index (Phi) is 4.81. The molecule has 4 rings (SSSR count). The summed E-state index contributed by atoms with van der Waals surface area (Å²) >= 11 is 2.40. The Morgan fingerprint density at radius 2 is 1.78 bits per heavy atom. The molecule has 0 nitrogen and oxygen atoms in total. The maximum atomic E-state index is 4.29. The van der Waals surface area contributed by atoms with Crippen LogP contribution < -0.4 is 0 Å². The van der Waals surface area contributed by atoms with E-state index in [1.807, 2.05) is 0 Å². The molecule has 1 heteroatoms. The highest BCUT2D eigenvalue weighted by molar-refractivity contribution is 14.1. The van der Waals surface area contributed by atoms with Gasteiger partial charge in [0.2, 0.25) is 0 Å². The molecular weight excluding hydrogens is 439 g/mol. The van der Waals surface area contributed by atoms with Crippen molar-refractivity contribution in [1.29, 1.82) is 0 Å². The maximum absolute atomic E-state index is 4.29. The van der Waals surface area contributed by atoms with Gasteiger partial charge in [0.15, 0.2) is 0 Å². The van der Waals surface area contributed by atoms with Gasteiger partial charge in [0.1, 0.15) is 0 Å². The number of benzene rings is 2. The van der Waals surface area contributed by atoms with E-state index < -0.39 is 0 Å². The molecular formula is C26H23I. The summed E-state index contributed by atoms with van der Waals surface area (Å²) in [7, 11) is 0. The second kappa shape index (κ2) is 7.12. The highest BCUT2D eigenvalue weighted by Gasteiger charge is 2.35. The van der Waals surface area contributed by atoms with Gasteiger partial charge < -0.3 is 0 Å². The lowest BCUT2D eigenvalue weighted by atomic mass is 9.81. The molecule has 0 amide bonds. The summed E-state index contributed by atoms with van der Waals surface area (Å²) in [4.78, 5) is 0. The summed E-state index contributed by atoms with van der Waals surface area (Å²) in [5, 5.41) is 0. The molecule has 0 spiro atoms. The average molecular weight is 462 g/mol. The van der Waals surface area contributed by atoms with Gasteiger partial charge >= 0.3 is 0 Å². The second-order valence-electron chi connectivity index (χ2n) is 7.69. The van der Waals surface area contributed by atoms with Gasteiger partial charge in [0.25, 0.3) is 0 Å². The molecule has 0 radical (unpaired) electrons. The van der Waals surface area contributed by atoms with Crippen LogP contribution >= 0.6 is 22.6 Å². The van der Waals surface area contributed by atoms with Crippen molar-refractivity contribution in [3.05, 3.63) is 111 Å². The predicted molar refractivity (Wildman–Crippen MR) is 126 cm³/mol. The quantitative estimate of drug-likeness (QED) is 0.325. The summed E-state index contributed by atoms with van der Waals surface area (Å²) in [6, 6.07) is 13.6. The summed E-state index contributed by atoms with van der Waals surface area (Å²) < 4.78 is 1.29. The van der Waals surface area contributed by atoms with E-state index in [-0.39, 0.29) is 5.41 Å². The van der Waals surface area contributed by atoms with Crippen LogP contribution in [0.25, 0.3) is 16.7 Å². The Bertz CT molecular complexity index is 1040. The topological polar surface area (TPSA) is 0 Å². The van der Waals surface area contributed by atoms with Crippen LogP contribution in [-0.2, 0) is 5.41 Å². The molecule has 0 fully saturated rings. The van der Waals surface area contributed by atoms with Crippen molar-refractivity contribution in [2.45, 2.75) is 25.7 Å². The second-order valence-corrected chi connectivity index (χ2v) is 8.94. The van der Waals surface area contributed by atoms with Gasteiger partial charge in [-0.05, 0) is 86.2 Å². The molecule has 0 saturated carbocycles. The van der Waals surface area contributed by atoms with Gasteiger partial charge in [-0.15, -0.1) is 0 Å². The Morgan fingerprint density at radius 1 is 1.04 bits per heavy atom. The van der Waals surface area contributed by atoms with Crippen LogP contribution in [0.2, 0.25) is 0 Å². The van der Waals surface area contributed by atoms with Crippen molar-refractivity contribution in [1.82, 2.24) is 0 Å². The lowest BCUT2D eigenvalue weighted by molar-refractivity contribution is 0.659. The van der Waals surface area contributed by atoms with Crippen molar-refractivity contribution in [2.75, 3.05) is 0 Å². The molecule has 0 aromatic heterocycles. The molecule has 27 heavy (non-hydrogen) atoms. The lowest BCUT2D eigenvalue weighted by Crippen LogP contribution is -2.15. The summed E-state index contributed by atoms with van der Waals surface area (Å²) in [5.41, 5.74) is 9.12. The van der Waals surface area contributed by atoms with Crippen LogP contribution in [0, 0.1) is 3.57 Å². The lowest BCUT2D eigenvalue weighted by Gasteiger charge is -2.22. The van der Waals surface area contributed by atoms with E-state index in [0.717, 1.165) is 12.0 Å². The predicted octanol–water partition coefficient (Wildman–Crippen LogP) is 7.61. The van der Waals surface area contributed by atoms with Crippen molar-refractivity contribution in [3.63, 3.8) is 0 Å². The first-order valence-electron chi connectivity index (χ1n) is 9.31. The first-order valence-corrected chi connectivity index (χ1v) is 10.4. The van der Waals surface area contributed by atoms with Gasteiger partial charge in [0, 0.05) is 8.99 Å². The van der Waals surface area contributed by atoms with Crippen LogP contribution in [0.1, 0.15) is 37.0 Å². The Morgan fingerprint density at radius 3 is 2.52 bits per heavy atom. The molecule has 0 aliphatic heterocycles. The van der Waals surface area contributed by atoms with E-state index in [1.54, 1.807) is 0 Å². The molecule has 2 aromatic rings. The highest BCUT2D eigenvalue weighted by atomic mass is 127. The largest absolute Gasteiger partial charge is 0.0912 e. The fourth-order valence-electron chi connectivity index (χ4n) is 3.95. The third kappa shape index (κ3) is 3.41. The molecule has 2 aliphatic carbocycles. The summed E-state index contributed by atoms with van der Waals surface area (Å²) in [6.45, 7) is 8.94. The van der Waals surface area contributed by atoms with Gasteiger partial charge in [-0.3, -0.25) is 0 Å². The first kappa shape index (κ1) is 18.2. The van der Waals surface area contributed by atoms with Crippen molar-refractivity contribution in [3.8, 4) is 11.1 Å². The van der Waals surface area contributed by atoms with Crippen molar-refractivity contribution in [2.24, 2.45) is 0 Å².